The number of nitriles is 1. The summed E-state index contributed by atoms with van der Waals surface area (Å²) in [6, 6.07) is 10.3. The fraction of sp³-hybridized carbons (Fsp3) is 0.0667. The van der Waals surface area contributed by atoms with E-state index in [1.165, 1.54) is 0 Å². The summed E-state index contributed by atoms with van der Waals surface area (Å²) >= 11 is 0. The van der Waals surface area contributed by atoms with Gasteiger partial charge in [-0.25, -0.2) is 8.78 Å². The number of hydrogen-bond acceptors (Lipinski definition) is 3. The van der Waals surface area contributed by atoms with Gasteiger partial charge < -0.3 is 11.1 Å². The molecule has 0 atom stereocenters. The number of carbonyl (C=O) groups excluding carboxylic acids is 1. The van der Waals surface area contributed by atoms with E-state index in [1.54, 1.807) is 24.3 Å². The van der Waals surface area contributed by atoms with Crippen molar-refractivity contribution in [2.24, 2.45) is 5.73 Å². The maximum absolute atomic E-state index is 13.6. The molecule has 4 nitrogen and oxygen atoms in total. The molecule has 6 heteroatoms. The van der Waals surface area contributed by atoms with Crippen LogP contribution in [-0.4, -0.2) is 5.91 Å². The topological polar surface area (TPSA) is 78.9 Å². The second-order valence-electron chi connectivity index (χ2n) is 4.34. The quantitative estimate of drug-likeness (QED) is 0.907. The van der Waals surface area contributed by atoms with Crippen molar-refractivity contribution in [1.82, 2.24) is 0 Å². The minimum absolute atomic E-state index is 0.0189. The summed E-state index contributed by atoms with van der Waals surface area (Å²) in [6.45, 7) is 0.256. The van der Waals surface area contributed by atoms with Crippen LogP contribution in [0.5, 0.6) is 0 Å². The number of rotatable bonds is 4. The van der Waals surface area contributed by atoms with Gasteiger partial charge in [0, 0.05) is 12.6 Å². The monoisotopic (exact) mass is 287 g/mol. The highest BCUT2D eigenvalue weighted by Crippen LogP contribution is 2.20. The van der Waals surface area contributed by atoms with Crippen molar-refractivity contribution in [3.63, 3.8) is 0 Å². The van der Waals surface area contributed by atoms with Crippen molar-refractivity contribution < 1.29 is 13.6 Å². The zero-order valence-corrected chi connectivity index (χ0v) is 10.9. The van der Waals surface area contributed by atoms with E-state index in [4.69, 9.17) is 11.0 Å². The Bertz CT molecular complexity index is 721. The minimum Gasteiger partial charge on any atom is -0.379 e. The highest BCUT2D eigenvalue weighted by Gasteiger charge is 2.13. The smallest absolute Gasteiger partial charge is 0.251 e. The van der Waals surface area contributed by atoms with Crippen LogP contribution in [0.2, 0.25) is 0 Å². The molecule has 2 aromatic carbocycles. The van der Waals surface area contributed by atoms with Crippen molar-refractivity contribution in [2.75, 3.05) is 5.32 Å². The van der Waals surface area contributed by atoms with E-state index >= 15 is 0 Å². The molecule has 106 valence electrons. The van der Waals surface area contributed by atoms with Gasteiger partial charge in [0.2, 0.25) is 0 Å². The molecule has 0 radical (unpaired) electrons. The van der Waals surface area contributed by atoms with Gasteiger partial charge in [0.25, 0.3) is 5.91 Å². The second kappa shape index (κ2) is 6.01. The van der Waals surface area contributed by atoms with Gasteiger partial charge in [-0.2, -0.15) is 5.26 Å². The lowest BCUT2D eigenvalue weighted by Gasteiger charge is -2.09. The fourth-order valence-corrected chi connectivity index (χ4v) is 1.77. The number of benzene rings is 2. The number of primary amides is 1. The average molecular weight is 287 g/mol. The predicted octanol–water partition coefficient (Wildman–Crippen LogP) is 2.55. The van der Waals surface area contributed by atoms with E-state index < -0.39 is 17.5 Å². The summed E-state index contributed by atoms with van der Waals surface area (Å²) in [5, 5.41) is 11.4. The predicted molar refractivity (Wildman–Crippen MR) is 73.4 cm³/mol. The number of halogens is 2. The first-order valence-corrected chi connectivity index (χ1v) is 6.03. The number of nitrogens with two attached hydrogens (primary N) is 1. The number of carbonyl (C=O) groups is 1. The van der Waals surface area contributed by atoms with E-state index in [-0.39, 0.29) is 17.8 Å². The Morgan fingerprint density at radius 1 is 1.19 bits per heavy atom. The normalized spacial score (nSPS) is 9.95. The first-order chi connectivity index (χ1) is 10.0. The first-order valence-electron chi connectivity index (χ1n) is 6.03. The lowest BCUT2D eigenvalue weighted by atomic mass is 10.1. The van der Waals surface area contributed by atoms with E-state index in [0.717, 1.165) is 11.6 Å². The molecule has 2 rings (SSSR count). The summed E-state index contributed by atoms with van der Waals surface area (Å²) in [6.07, 6.45) is 0. The third-order valence-electron chi connectivity index (χ3n) is 2.89. The van der Waals surface area contributed by atoms with Gasteiger partial charge >= 0.3 is 0 Å². The van der Waals surface area contributed by atoms with E-state index in [0.29, 0.717) is 11.6 Å². The Labute approximate surface area is 119 Å². The lowest BCUT2D eigenvalue weighted by molar-refractivity contribution is 0.0996. The Kier molecular flexibility index (Phi) is 4.14. The molecule has 0 bridgehead atoms. The Hall–Kier alpha value is -2.94. The minimum atomic E-state index is -0.996. The number of hydrogen-bond donors (Lipinski definition) is 2. The van der Waals surface area contributed by atoms with Crippen LogP contribution in [0.1, 0.15) is 21.5 Å². The molecule has 0 aliphatic carbocycles. The highest BCUT2D eigenvalue weighted by atomic mass is 19.1. The number of nitrogens with one attached hydrogen (secondary N) is 1. The van der Waals surface area contributed by atoms with Crippen LogP contribution >= 0.6 is 0 Å². The van der Waals surface area contributed by atoms with Crippen LogP contribution in [0.3, 0.4) is 0 Å². The van der Waals surface area contributed by atoms with Gasteiger partial charge in [0.1, 0.15) is 11.6 Å². The van der Waals surface area contributed by atoms with E-state index in [2.05, 4.69) is 5.32 Å². The molecule has 0 spiro atoms. The molecule has 0 aromatic heterocycles. The second-order valence-corrected chi connectivity index (χ2v) is 4.34. The van der Waals surface area contributed by atoms with Gasteiger partial charge in [0.15, 0.2) is 0 Å². The van der Waals surface area contributed by atoms with Gasteiger partial charge in [-0.3, -0.25) is 4.79 Å². The van der Waals surface area contributed by atoms with Crippen LogP contribution in [-0.2, 0) is 6.54 Å². The summed E-state index contributed by atoms with van der Waals surface area (Å²) < 4.78 is 26.9. The molecular weight excluding hydrogens is 276 g/mol. The Morgan fingerprint density at radius 2 is 1.86 bits per heavy atom. The van der Waals surface area contributed by atoms with Gasteiger partial charge in [-0.15, -0.1) is 0 Å². The van der Waals surface area contributed by atoms with Crippen molar-refractivity contribution in [1.29, 1.82) is 5.26 Å². The molecule has 0 saturated heterocycles. The van der Waals surface area contributed by atoms with Gasteiger partial charge in [0.05, 0.1) is 22.9 Å². The Morgan fingerprint density at radius 3 is 2.43 bits per heavy atom. The van der Waals surface area contributed by atoms with Crippen molar-refractivity contribution >= 4 is 11.6 Å². The molecule has 0 unspecified atom stereocenters. The highest BCUT2D eigenvalue weighted by molar-refractivity contribution is 5.94. The molecule has 0 aliphatic rings. The van der Waals surface area contributed by atoms with Crippen LogP contribution < -0.4 is 11.1 Å². The van der Waals surface area contributed by atoms with Gasteiger partial charge in [-0.05, 0) is 23.8 Å². The molecular formula is C15H11F2N3O. The zero-order chi connectivity index (χ0) is 15.4. The number of anilines is 1. The maximum Gasteiger partial charge on any atom is 0.251 e. The number of nitrogens with zero attached hydrogens (tertiary/aromatic N) is 1. The van der Waals surface area contributed by atoms with Crippen LogP contribution in [0.15, 0.2) is 36.4 Å². The molecule has 0 heterocycles. The molecule has 1 amide bonds. The fourth-order valence-electron chi connectivity index (χ4n) is 1.77. The molecule has 0 aliphatic heterocycles. The average Bonchev–Trinajstić information content (AvgIpc) is 2.46. The SMILES string of the molecule is N#Cc1ccc(CNc2cc(C(N)=O)c(F)cc2F)cc1. The lowest BCUT2D eigenvalue weighted by Crippen LogP contribution is -2.14. The van der Waals surface area contributed by atoms with Crippen molar-refractivity contribution in [3.05, 3.63) is 64.7 Å². The Balaban J connectivity index is 2.17. The van der Waals surface area contributed by atoms with Crippen LogP contribution in [0.4, 0.5) is 14.5 Å². The standard InChI is InChI=1S/C15H11F2N3O/c16-12-6-13(17)14(5-11(12)15(19)21)20-8-10-3-1-9(7-18)2-4-10/h1-6,20H,8H2,(H2,19,21). The largest absolute Gasteiger partial charge is 0.379 e. The van der Waals surface area contributed by atoms with Gasteiger partial charge in [-0.1, -0.05) is 12.1 Å². The molecule has 0 fully saturated rings. The summed E-state index contributed by atoms with van der Waals surface area (Å²) in [5.74, 6) is -2.77. The summed E-state index contributed by atoms with van der Waals surface area (Å²) in [5.41, 5.74) is 5.94. The third kappa shape index (κ3) is 3.34. The van der Waals surface area contributed by atoms with Crippen molar-refractivity contribution in [2.45, 2.75) is 6.54 Å². The van der Waals surface area contributed by atoms with Crippen molar-refractivity contribution in [3.8, 4) is 6.07 Å². The van der Waals surface area contributed by atoms with Crippen LogP contribution in [0.25, 0.3) is 0 Å². The van der Waals surface area contributed by atoms with E-state index in [1.807, 2.05) is 6.07 Å². The number of amides is 1. The molecule has 2 aromatic rings. The summed E-state index contributed by atoms with van der Waals surface area (Å²) in [4.78, 5) is 11.0. The molecule has 3 N–H and O–H groups in total. The zero-order valence-electron chi connectivity index (χ0n) is 10.9. The molecule has 21 heavy (non-hydrogen) atoms. The van der Waals surface area contributed by atoms with E-state index in [9.17, 15) is 13.6 Å². The third-order valence-corrected chi connectivity index (χ3v) is 2.89. The molecule has 0 saturated carbocycles. The van der Waals surface area contributed by atoms with Crippen LogP contribution in [0, 0.1) is 23.0 Å². The first kappa shape index (κ1) is 14.5. The maximum atomic E-state index is 13.6. The summed E-state index contributed by atoms with van der Waals surface area (Å²) in [7, 11) is 0.